The van der Waals surface area contributed by atoms with Gasteiger partial charge >= 0.3 is 0 Å². The van der Waals surface area contributed by atoms with Gasteiger partial charge in [-0.15, -0.1) is 0 Å². The lowest BCUT2D eigenvalue weighted by Gasteiger charge is -2.44. The zero-order valence-electron chi connectivity index (χ0n) is 17.2. The maximum atomic E-state index is 13.5. The van der Waals surface area contributed by atoms with E-state index in [9.17, 15) is 15.0 Å². The third-order valence-corrected chi connectivity index (χ3v) is 6.41. The van der Waals surface area contributed by atoms with E-state index in [-0.39, 0.29) is 5.78 Å². The highest BCUT2D eigenvalue weighted by Crippen LogP contribution is 2.39. The van der Waals surface area contributed by atoms with Gasteiger partial charge in [0.1, 0.15) is 5.60 Å². The quantitative estimate of drug-likeness (QED) is 0.561. The van der Waals surface area contributed by atoms with Gasteiger partial charge in [-0.2, -0.15) is 0 Å². The van der Waals surface area contributed by atoms with E-state index in [0.717, 1.165) is 11.1 Å². The van der Waals surface area contributed by atoms with Crippen molar-refractivity contribution in [3.63, 3.8) is 0 Å². The number of β-amino-alcohol motifs (C(OH)–C–C–N with tert-alkyl or cyclic N) is 1. The lowest BCUT2D eigenvalue weighted by molar-refractivity contribution is -0.0703. The number of benzene rings is 3. The van der Waals surface area contributed by atoms with Gasteiger partial charge in [0, 0.05) is 30.2 Å². The average Bonchev–Trinajstić information content (AvgIpc) is 2.81. The van der Waals surface area contributed by atoms with Crippen molar-refractivity contribution in [2.75, 3.05) is 19.6 Å². The summed E-state index contributed by atoms with van der Waals surface area (Å²) in [4.78, 5) is 15.5. The molecule has 3 atom stereocenters. The molecular formula is C26H26ClNO3. The number of piperidine rings is 1. The highest BCUT2D eigenvalue weighted by atomic mass is 35.5. The number of nitrogens with zero attached hydrogens (tertiary/aromatic N) is 1. The van der Waals surface area contributed by atoms with Gasteiger partial charge < -0.3 is 10.2 Å². The van der Waals surface area contributed by atoms with Crippen molar-refractivity contribution in [1.29, 1.82) is 0 Å². The summed E-state index contributed by atoms with van der Waals surface area (Å²) in [6.07, 6.45) is -0.291. The minimum Gasteiger partial charge on any atom is -0.387 e. The summed E-state index contributed by atoms with van der Waals surface area (Å²) in [5.41, 5.74) is 0.860. The van der Waals surface area contributed by atoms with Gasteiger partial charge in [-0.25, -0.2) is 0 Å². The number of carbonyl (C=O) groups is 1. The molecule has 31 heavy (non-hydrogen) atoms. The summed E-state index contributed by atoms with van der Waals surface area (Å²) in [7, 11) is 0. The first-order valence-electron chi connectivity index (χ1n) is 10.5. The van der Waals surface area contributed by atoms with E-state index in [1.165, 1.54) is 0 Å². The molecule has 1 aliphatic heterocycles. The van der Waals surface area contributed by atoms with E-state index in [1.54, 1.807) is 24.3 Å². The van der Waals surface area contributed by atoms with Crippen LogP contribution in [0.2, 0.25) is 5.02 Å². The molecule has 4 rings (SSSR count). The molecule has 160 valence electrons. The molecule has 1 fully saturated rings. The lowest BCUT2D eigenvalue weighted by atomic mass is 9.72. The number of aliphatic hydroxyl groups excluding tert-OH is 1. The van der Waals surface area contributed by atoms with Crippen LogP contribution >= 0.6 is 11.6 Å². The Morgan fingerprint density at radius 3 is 2.26 bits per heavy atom. The van der Waals surface area contributed by atoms with Gasteiger partial charge in [0.15, 0.2) is 5.78 Å². The molecule has 0 saturated carbocycles. The number of likely N-dealkylation sites (tertiary alicyclic amines) is 1. The zero-order chi connectivity index (χ0) is 21.8. The average molecular weight is 436 g/mol. The number of hydrogen-bond acceptors (Lipinski definition) is 4. The van der Waals surface area contributed by atoms with Crippen molar-refractivity contribution < 1.29 is 15.0 Å². The number of rotatable bonds is 6. The topological polar surface area (TPSA) is 60.8 Å². The highest BCUT2D eigenvalue weighted by molar-refractivity contribution is 6.30. The molecule has 0 aliphatic carbocycles. The largest absolute Gasteiger partial charge is 0.387 e. The SMILES string of the molecule is O=C(c1ccccc1)C1CN(CC(O)c2ccc(Cl)cc2)CCC1(O)c1ccccc1. The van der Waals surface area contributed by atoms with Gasteiger partial charge in [0.25, 0.3) is 0 Å². The Labute approximate surface area is 187 Å². The number of halogens is 1. The Morgan fingerprint density at radius 1 is 1.00 bits per heavy atom. The molecule has 3 aromatic carbocycles. The van der Waals surface area contributed by atoms with Crippen LogP contribution in [0.25, 0.3) is 0 Å². The monoisotopic (exact) mass is 435 g/mol. The Balaban J connectivity index is 1.59. The fraction of sp³-hybridized carbons (Fsp3) is 0.269. The summed E-state index contributed by atoms with van der Waals surface area (Å²) in [5, 5.41) is 23.1. The van der Waals surface area contributed by atoms with E-state index >= 15 is 0 Å². The third kappa shape index (κ3) is 4.73. The second-order valence-electron chi connectivity index (χ2n) is 8.15. The standard InChI is InChI=1S/C26H26ClNO3/c27-22-13-11-19(12-14-22)24(29)18-28-16-15-26(31,21-9-5-2-6-10-21)23(17-28)25(30)20-7-3-1-4-8-20/h1-14,23-24,29,31H,15-18H2. The number of ketones is 1. The number of Topliss-reactive ketones (excluding diaryl/α,β-unsaturated/α-hetero) is 1. The van der Waals surface area contributed by atoms with Gasteiger partial charge in [0.2, 0.25) is 0 Å². The Morgan fingerprint density at radius 2 is 1.61 bits per heavy atom. The van der Waals surface area contributed by atoms with Crippen LogP contribution in [0, 0.1) is 5.92 Å². The maximum Gasteiger partial charge on any atom is 0.170 e. The van der Waals surface area contributed by atoms with E-state index in [1.807, 2.05) is 60.7 Å². The van der Waals surface area contributed by atoms with Crippen molar-refractivity contribution in [2.45, 2.75) is 18.1 Å². The first kappa shape index (κ1) is 21.7. The second kappa shape index (κ2) is 9.33. The Bertz CT molecular complexity index is 1010. The molecular weight excluding hydrogens is 410 g/mol. The summed E-state index contributed by atoms with van der Waals surface area (Å²) in [6.45, 7) is 1.32. The molecule has 1 aliphatic rings. The molecule has 0 amide bonds. The predicted molar refractivity (Wildman–Crippen MR) is 122 cm³/mol. The molecule has 0 radical (unpaired) electrons. The van der Waals surface area contributed by atoms with Crippen LogP contribution in [-0.2, 0) is 5.60 Å². The molecule has 4 nitrogen and oxygen atoms in total. The normalized spacial score (nSPS) is 22.7. The minimum atomic E-state index is -1.25. The lowest BCUT2D eigenvalue weighted by Crippen LogP contribution is -2.53. The molecule has 5 heteroatoms. The molecule has 0 aromatic heterocycles. The van der Waals surface area contributed by atoms with Gasteiger partial charge in [-0.05, 0) is 29.7 Å². The molecule has 2 N–H and O–H groups in total. The van der Waals surface area contributed by atoms with E-state index in [4.69, 9.17) is 11.6 Å². The first-order valence-corrected chi connectivity index (χ1v) is 10.9. The molecule has 0 bridgehead atoms. The van der Waals surface area contributed by atoms with Crippen molar-refractivity contribution in [3.8, 4) is 0 Å². The molecule has 1 heterocycles. The third-order valence-electron chi connectivity index (χ3n) is 6.16. The summed E-state index contributed by atoms with van der Waals surface area (Å²) in [5.74, 6) is -0.721. The van der Waals surface area contributed by atoms with Crippen LogP contribution in [0.1, 0.15) is 34.0 Å². The van der Waals surface area contributed by atoms with Crippen LogP contribution in [0.4, 0.5) is 0 Å². The maximum absolute atomic E-state index is 13.5. The van der Waals surface area contributed by atoms with Crippen molar-refractivity contribution in [1.82, 2.24) is 4.90 Å². The van der Waals surface area contributed by atoms with Gasteiger partial charge in [-0.1, -0.05) is 84.4 Å². The van der Waals surface area contributed by atoms with Crippen LogP contribution < -0.4 is 0 Å². The highest BCUT2D eigenvalue weighted by Gasteiger charge is 2.46. The fourth-order valence-corrected chi connectivity index (χ4v) is 4.51. The van der Waals surface area contributed by atoms with Crippen LogP contribution in [0.3, 0.4) is 0 Å². The zero-order valence-corrected chi connectivity index (χ0v) is 17.9. The van der Waals surface area contributed by atoms with Crippen LogP contribution in [-0.4, -0.2) is 40.5 Å². The fourth-order valence-electron chi connectivity index (χ4n) is 4.38. The smallest absolute Gasteiger partial charge is 0.170 e. The van der Waals surface area contributed by atoms with Crippen LogP contribution in [0.15, 0.2) is 84.9 Å². The van der Waals surface area contributed by atoms with E-state index in [2.05, 4.69) is 4.90 Å². The van der Waals surface area contributed by atoms with Crippen molar-refractivity contribution >= 4 is 17.4 Å². The molecule has 3 aromatic rings. The van der Waals surface area contributed by atoms with E-state index in [0.29, 0.717) is 36.6 Å². The van der Waals surface area contributed by atoms with Crippen molar-refractivity contribution in [2.24, 2.45) is 5.92 Å². The Kier molecular flexibility index (Phi) is 6.54. The van der Waals surface area contributed by atoms with E-state index < -0.39 is 17.6 Å². The first-order chi connectivity index (χ1) is 15.0. The molecule has 3 unspecified atom stereocenters. The molecule has 0 spiro atoms. The van der Waals surface area contributed by atoms with Crippen molar-refractivity contribution in [3.05, 3.63) is 107 Å². The van der Waals surface area contributed by atoms with Gasteiger partial charge in [-0.3, -0.25) is 9.69 Å². The predicted octanol–water partition coefficient (Wildman–Crippen LogP) is 4.47. The summed E-state index contributed by atoms with van der Waals surface area (Å²) >= 11 is 5.95. The summed E-state index contributed by atoms with van der Waals surface area (Å²) < 4.78 is 0. The minimum absolute atomic E-state index is 0.0855. The summed E-state index contributed by atoms with van der Waals surface area (Å²) in [6, 6.07) is 25.7. The molecule has 1 saturated heterocycles. The number of hydrogen-bond donors (Lipinski definition) is 2. The number of aliphatic hydroxyl groups is 2. The van der Waals surface area contributed by atoms with Gasteiger partial charge in [0.05, 0.1) is 12.0 Å². The number of carbonyl (C=O) groups excluding carboxylic acids is 1. The Hall–Kier alpha value is -2.50. The second-order valence-corrected chi connectivity index (χ2v) is 8.59. The van der Waals surface area contributed by atoms with Crippen LogP contribution in [0.5, 0.6) is 0 Å².